The van der Waals surface area contributed by atoms with E-state index in [1.165, 1.54) is 0 Å². The minimum absolute atomic E-state index is 0.367. The van der Waals surface area contributed by atoms with Crippen LogP contribution in [0, 0.1) is 0 Å². The highest BCUT2D eigenvalue weighted by Gasteiger charge is 2.21. The first kappa shape index (κ1) is 9.96. The molecule has 0 bridgehead atoms. The Bertz CT molecular complexity index is 213. The number of Topliss-reactive ketones (excluding diaryl/α,β-unsaturated/α-hetero) is 1. The standard InChI is InChI=1S/C10H16N2O/c1-3-11-12(4-2)9-5-7-10(13)8-6-9/h3-4,9H,2,5-8H2,1H3/b11-3-. The van der Waals surface area contributed by atoms with E-state index in [0.717, 1.165) is 12.8 Å². The van der Waals surface area contributed by atoms with E-state index in [0.29, 0.717) is 24.7 Å². The fraction of sp³-hybridized carbons (Fsp3) is 0.600. The van der Waals surface area contributed by atoms with Gasteiger partial charge < -0.3 is 0 Å². The lowest BCUT2D eigenvalue weighted by Crippen LogP contribution is -2.30. The second-order valence-corrected chi connectivity index (χ2v) is 3.21. The van der Waals surface area contributed by atoms with Crippen molar-refractivity contribution in [1.82, 2.24) is 5.01 Å². The lowest BCUT2D eigenvalue weighted by molar-refractivity contribution is -0.121. The lowest BCUT2D eigenvalue weighted by Gasteiger charge is -2.28. The SMILES string of the molecule is C=CN(/N=C\C)C1CCC(=O)CC1. The normalized spacial score (nSPS) is 19.3. The Kier molecular flexibility index (Phi) is 3.68. The first-order valence-corrected chi connectivity index (χ1v) is 4.69. The Morgan fingerprint density at radius 1 is 1.54 bits per heavy atom. The van der Waals surface area contributed by atoms with Crippen molar-refractivity contribution in [3.63, 3.8) is 0 Å². The number of hydrogen-bond acceptors (Lipinski definition) is 3. The van der Waals surface area contributed by atoms with Gasteiger partial charge in [0.15, 0.2) is 0 Å². The highest BCUT2D eigenvalue weighted by atomic mass is 16.1. The van der Waals surface area contributed by atoms with Gasteiger partial charge in [-0.3, -0.25) is 9.80 Å². The fourth-order valence-electron chi connectivity index (χ4n) is 1.61. The van der Waals surface area contributed by atoms with Crippen molar-refractivity contribution in [3.8, 4) is 0 Å². The largest absolute Gasteiger partial charge is 0.300 e. The molecule has 1 rings (SSSR count). The predicted molar refractivity (Wildman–Crippen MR) is 53.5 cm³/mol. The molecule has 0 aromatic heterocycles. The first-order valence-electron chi connectivity index (χ1n) is 4.69. The van der Waals surface area contributed by atoms with Crippen molar-refractivity contribution in [3.05, 3.63) is 12.8 Å². The van der Waals surface area contributed by atoms with Gasteiger partial charge in [0.05, 0.1) is 6.04 Å². The summed E-state index contributed by atoms with van der Waals surface area (Å²) in [6, 6.07) is 0.367. The fourth-order valence-corrected chi connectivity index (χ4v) is 1.61. The summed E-state index contributed by atoms with van der Waals surface area (Å²) in [6.45, 7) is 5.58. The van der Waals surface area contributed by atoms with Gasteiger partial charge in [-0.2, -0.15) is 5.10 Å². The molecule has 1 fully saturated rings. The smallest absolute Gasteiger partial charge is 0.133 e. The van der Waals surface area contributed by atoms with Crippen LogP contribution in [0.15, 0.2) is 17.9 Å². The maximum absolute atomic E-state index is 11.0. The maximum Gasteiger partial charge on any atom is 0.133 e. The average molecular weight is 180 g/mol. The third-order valence-electron chi connectivity index (χ3n) is 2.32. The van der Waals surface area contributed by atoms with Gasteiger partial charge >= 0.3 is 0 Å². The molecule has 3 heteroatoms. The van der Waals surface area contributed by atoms with Crippen LogP contribution in [0.4, 0.5) is 0 Å². The van der Waals surface area contributed by atoms with Crippen LogP contribution in [0.1, 0.15) is 32.6 Å². The molecule has 3 nitrogen and oxygen atoms in total. The van der Waals surface area contributed by atoms with Crippen molar-refractivity contribution in [2.75, 3.05) is 0 Å². The number of carbonyl (C=O) groups is 1. The van der Waals surface area contributed by atoms with Gasteiger partial charge in [0.25, 0.3) is 0 Å². The second-order valence-electron chi connectivity index (χ2n) is 3.21. The molecule has 1 saturated carbocycles. The summed E-state index contributed by atoms with van der Waals surface area (Å²) in [4.78, 5) is 11.0. The third-order valence-corrected chi connectivity index (χ3v) is 2.32. The van der Waals surface area contributed by atoms with Crippen molar-refractivity contribution in [2.24, 2.45) is 5.10 Å². The number of hydrazone groups is 1. The van der Waals surface area contributed by atoms with E-state index < -0.39 is 0 Å². The zero-order valence-electron chi connectivity index (χ0n) is 8.07. The molecule has 0 atom stereocenters. The Hall–Kier alpha value is -1.12. The molecule has 0 aliphatic heterocycles. The molecule has 0 unspecified atom stereocenters. The maximum atomic E-state index is 11.0. The minimum atomic E-state index is 0.367. The summed E-state index contributed by atoms with van der Waals surface area (Å²) in [5.74, 6) is 0.376. The van der Waals surface area contributed by atoms with Crippen LogP contribution in [-0.2, 0) is 4.79 Å². The van der Waals surface area contributed by atoms with Gasteiger partial charge in [0, 0.05) is 25.3 Å². The van der Waals surface area contributed by atoms with Gasteiger partial charge in [0.1, 0.15) is 5.78 Å². The number of nitrogens with zero attached hydrogens (tertiary/aromatic N) is 2. The van der Waals surface area contributed by atoms with Crippen LogP contribution in [0.3, 0.4) is 0 Å². The summed E-state index contributed by atoms with van der Waals surface area (Å²) >= 11 is 0. The number of hydrogen-bond donors (Lipinski definition) is 0. The van der Waals surface area contributed by atoms with E-state index in [9.17, 15) is 4.79 Å². The van der Waals surface area contributed by atoms with Gasteiger partial charge in [-0.05, 0) is 19.8 Å². The number of rotatable bonds is 3. The Labute approximate surface area is 79.1 Å². The van der Waals surface area contributed by atoms with Crippen LogP contribution in [-0.4, -0.2) is 23.0 Å². The summed E-state index contributed by atoms with van der Waals surface area (Å²) in [6.07, 6.45) is 6.66. The van der Waals surface area contributed by atoms with Crippen LogP contribution in [0.25, 0.3) is 0 Å². The molecule has 0 aromatic rings. The lowest BCUT2D eigenvalue weighted by atomic mass is 9.94. The molecule has 72 valence electrons. The molecule has 0 heterocycles. The zero-order chi connectivity index (χ0) is 9.68. The molecule has 0 saturated heterocycles. The molecule has 1 aliphatic carbocycles. The predicted octanol–water partition coefficient (Wildman–Crippen LogP) is 1.95. The van der Waals surface area contributed by atoms with Crippen LogP contribution < -0.4 is 0 Å². The second kappa shape index (κ2) is 4.80. The van der Waals surface area contributed by atoms with E-state index in [1.54, 1.807) is 12.4 Å². The molecule has 1 aliphatic rings. The van der Waals surface area contributed by atoms with Crippen molar-refractivity contribution in [2.45, 2.75) is 38.6 Å². The highest BCUT2D eigenvalue weighted by molar-refractivity contribution is 5.79. The Morgan fingerprint density at radius 2 is 2.15 bits per heavy atom. The Balaban J connectivity index is 2.50. The molecule has 0 spiro atoms. The Morgan fingerprint density at radius 3 is 2.62 bits per heavy atom. The van der Waals surface area contributed by atoms with E-state index in [2.05, 4.69) is 11.7 Å². The zero-order valence-corrected chi connectivity index (χ0v) is 8.07. The molecule has 13 heavy (non-hydrogen) atoms. The summed E-state index contributed by atoms with van der Waals surface area (Å²) in [7, 11) is 0. The van der Waals surface area contributed by atoms with E-state index in [-0.39, 0.29) is 0 Å². The summed E-state index contributed by atoms with van der Waals surface area (Å²) in [5, 5.41) is 6.02. The van der Waals surface area contributed by atoms with Gasteiger partial charge in [0.2, 0.25) is 0 Å². The number of carbonyl (C=O) groups excluding carboxylic acids is 1. The van der Waals surface area contributed by atoms with Gasteiger partial charge in [-0.25, -0.2) is 0 Å². The quantitative estimate of drug-likeness (QED) is 0.491. The van der Waals surface area contributed by atoms with Crippen LogP contribution in [0.2, 0.25) is 0 Å². The van der Waals surface area contributed by atoms with E-state index in [1.807, 2.05) is 11.9 Å². The summed E-state index contributed by atoms with van der Waals surface area (Å²) < 4.78 is 0. The number of ketones is 1. The van der Waals surface area contributed by atoms with Crippen molar-refractivity contribution >= 4 is 12.0 Å². The van der Waals surface area contributed by atoms with Crippen molar-refractivity contribution < 1.29 is 4.79 Å². The topological polar surface area (TPSA) is 32.7 Å². The molecular formula is C10H16N2O. The highest BCUT2D eigenvalue weighted by Crippen LogP contribution is 2.20. The first-order chi connectivity index (χ1) is 6.27. The minimum Gasteiger partial charge on any atom is -0.300 e. The molecule has 0 N–H and O–H groups in total. The van der Waals surface area contributed by atoms with E-state index >= 15 is 0 Å². The monoisotopic (exact) mass is 180 g/mol. The van der Waals surface area contributed by atoms with Crippen LogP contribution >= 0.6 is 0 Å². The van der Waals surface area contributed by atoms with Gasteiger partial charge in [-0.15, -0.1) is 0 Å². The third kappa shape index (κ3) is 2.68. The molecule has 0 aromatic carbocycles. The van der Waals surface area contributed by atoms with Crippen LogP contribution in [0.5, 0.6) is 0 Å². The average Bonchev–Trinajstić information content (AvgIpc) is 2.16. The summed E-state index contributed by atoms with van der Waals surface area (Å²) in [5.41, 5.74) is 0. The van der Waals surface area contributed by atoms with E-state index in [4.69, 9.17) is 0 Å². The molecule has 0 amide bonds. The molecule has 0 radical (unpaired) electrons. The van der Waals surface area contributed by atoms with Crippen molar-refractivity contribution in [1.29, 1.82) is 0 Å². The van der Waals surface area contributed by atoms with Gasteiger partial charge in [-0.1, -0.05) is 6.58 Å². The molecular weight excluding hydrogens is 164 g/mol.